The Morgan fingerprint density at radius 3 is 2.75 bits per heavy atom. The van der Waals surface area contributed by atoms with Crippen molar-refractivity contribution in [2.45, 2.75) is 65.0 Å². The maximum absolute atomic E-state index is 3.72. The molecule has 2 nitrogen and oxygen atoms in total. The lowest BCUT2D eigenvalue weighted by atomic mass is 9.87. The van der Waals surface area contributed by atoms with Crippen molar-refractivity contribution in [3.8, 4) is 0 Å². The van der Waals surface area contributed by atoms with Gasteiger partial charge in [0.05, 0.1) is 0 Å². The van der Waals surface area contributed by atoms with Gasteiger partial charge in [-0.25, -0.2) is 0 Å². The number of hydrogen-bond acceptors (Lipinski definition) is 2. The standard InChI is InChI=1S/C14H30N2/c1-5-13(3)16(4)10-9-15-14-8-6-7-12(2)11-14/h12-15H,5-11H2,1-4H3. The Bertz CT molecular complexity index is 182. The Morgan fingerprint density at radius 2 is 2.12 bits per heavy atom. The summed E-state index contributed by atoms with van der Waals surface area (Å²) in [5, 5.41) is 3.72. The van der Waals surface area contributed by atoms with Crippen LogP contribution in [0.3, 0.4) is 0 Å². The molecule has 0 saturated heterocycles. The van der Waals surface area contributed by atoms with E-state index in [0.29, 0.717) is 6.04 Å². The fourth-order valence-electron chi connectivity index (χ4n) is 2.60. The van der Waals surface area contributed by atoms with Crippen LogP contribution >= 0.6 is 0 Å². The first kappa shape index (κ1) is 14.0. The number of hydrogen-bond donors (Lipinski definition) is 1. The molecule has 0 amide bonds. The fourth-order valence-corrected chi connectivity index (χ4v) is 2.60. The van der Waals surface area contributed by atoms with E-state index in [1.54, 1.807) is 0 Å². The molecule has 0 heterocycles. The molecule has 1 fully saturated rings. The number of rotatable bonds is 6. The second kappa shape index (κ2) is 7.29. The van der Waals surface area contributed by atoms with Gasteiger partial charge >= 0.3 is 0 Å². The molecule has 2 heteroatoms. The number of nitrogens with zero attached hydrogens (tertiary/aromatic N) is 1. The molecule has 16 heavy (non-hydrogen) atoms. The van der Waals surface area contributed by atoms with Crippen molar-refractivity contribution in [1.29, 1.82) is 0 Å². The van der Waals surface area contributed by atoms with Crippen molar-refractivity contribution in [2.24, 2.45) is 5.92 Å². The second-order valence-corrected chi connectivity index (χ2v) is 5.66. The molecule has 1 saturated carbocycles. The summed E-state index contributed by atoms with van der Waals surface area (Å²) >= 11 is 0. The smallest absolute Gasteiger partial charge is 0.0107 e. The number of likely N-dealkylation sites (N-methyl/N-ethyl adjacent to an activating group) is 1. The van der Waals surface area contributed by atoms with Gasteiger partial charge in [0, 0.05) is 25.2 Å². The van der Waals surface area contributed by atoms with Crippen LogP contribution in [0.4, 0.5) is 0 Å². The van der Waals surface area contributed by atoms with E-state index in [0.717, 1.165) is 18.5 Å². The Hall–Kier alpha value is -0.0800. The molecule has 3 atom stereocenters. The van der Waals surface area contributed by atoms with Gasteiger partial charge in [-0.1, -0.05) is 26.7 Å². The van der Waals surface area contributed by atoms with Crippen LogP contribution in [-0.2, 0) is 0 Å². The minimum atomic E-state index is 0.715. The quantitative estimate of drug-likeness (QED) is 0.749. The molecule has 96 valence electrons. The highest BCUT2D eigenvalue weighted by atomic mass is 15.1. The molecule has 0 aromatic rings. The minimum Gasteiger partial charge on any atom is -0.313 e. The maximum atomic E-state index is 3.72. The Labute approximate surface area is 102 Å². The third-order valence-electron chi connectivity index (χ3n) is 4.18. The summed E-state index contributed by atoms with van der Waals surface area (Å²) in [5.74, 6) is 0.929. The van der Waals surface area contributed by atoms with Crippen LogP contribution in [0, 0.1) is 5.92 Å². The van der Waals surface area contributed by atoms with Gasteiger partial charge in [-0.15, -0.1) is 0 Å². The van der Waals surface area contributed by atoms with E-state index in [2.05, 4.69) is 38.0 Å². The van der Waals surface area contributed by atoms with Crippen molar-refractivity contribution in [1.82, 2.24) is 10.2 Å². The third-order valence-corrected chi connectivity index (χ3v) is 4.18. The summed E-state index contributed by atoms with van der Waals surface area (Å²) in [5.41, 5.74) is 0. The van der Waals surface area contributed by atoms with Crippen LogP contribution in [-0.4, -0.2) is 37.1 Å². The first-order valence-electron chi connectivity index (χ1n) is 7.07. The Balaban J connectivity index is 2.10. The van der Waals surface area contributed by atoms with Gasteiger partial charge in [0.1, 0.15) is 0 Å². The van der Waals surface area contributed by atoms with Crippen LogP contribution in [0.25, 0.3) is 0 Å². The number of nitrogens with one attached hydrogen (secondary N) is 1. The van der Waals surface area contributed by atoms with Crippen LogP contribution < -0.4 is 5.32 Å². The normalized spacial score (nSPS) is 28.3. The molecule has 1 aliphatic rings. The molecular formula is C14H30N2. The van der Waals surface area contributed by atoms with E-state index in [4.69, 9.17) is 0 Å². The predicted molar refractivity (Wildman–Crippen MR) is 71.8 cm³/mol. The molecule has 0 aliphatic heterocycles. The van der Waals surface area contributed by atoms with Crippen molar-refractivity contribution in [3.63, 3.8) is 0 Å². The van der Waals surface area contributed by atoms with Gasteiger partial charge in [0.15, 0.2) is 0 Å². The zero-order valence-corrected chi connectivity index (χ0v) is 11.6. The SMILES string of the molecule is CCC(C)N(C)CCNC1CCCC(C)C1. The maximum Gasteiger partial charge on any atom is 0.0107 e. The van der Waals surface area contributed by atoms with Crippen molar-refractivity contribution < 1.29 is 0 Å². The molecule has 0 aromatic heterocycles. The minimum absolute atomic E-state index is 0.715. The molecule has 1 rings (SSSR count). The Kier molecular flexibility index (Phi) is 6.37. The van der Waals surface area contributed by atoms with E-state index in [-0.39, 0.29) is 0 Å². The van der Waals surface area contributed by atoms with E-state index >= 15 is 0 Å². The van der Waals surface area contributed by atoms with E-state index in [1.807, 2.05) is 0 Å². The molecule has 1 aliphatic carbocycles. The van der Waals surface area contributed by atoms with Gasteiger partial charge < -0.3 is 10.2 Å². The van der Waals surface area contributed by atoms with E-state index < -0.39 is 0 Å². The van der Waals surface area contributed by atoms with Crippen molar-refractivity contribution in [2.75, 3.05) is 20.1 Å². The van der Waals surface area contributed by atoms with Crippen LogP contribution in [0.15, 0.2) is 0 Å². The summed E-state index contributed by atoms with van der Waals surface area (Å²) in [7, 11) is 2.24. The van der Waals surface area contributed by atoms with Gasteiger partial charge in [0.25, 0.3) is 0 Å². The largest absolute Gasteiger partial charge is 0.313 e. The summed E-state index contributed by atoms with van der Waals surface area (Å²) in [6, 6.07) is 1.50. The first-order valence-corrected chi connectivity index (χ1v) is 7.07. The average molecular weight is 226 g/mol. The lowest BCUT2D eigenvalue weighted by Crippen LogP contribution is -2.40. The van der Waals surface area contributed by atoms with Crippen molar-refractivity contribution in [3.05, 3.63) is 0 Å². The topological polar surface area (TPSA) is 15.3 Å². The molecule has 0 radical (unpaired) electrons. The molecule has 0 aromatic carbocycles. The zero-order valence-electron chi connectivity index (χ0n) is 11.6. The van der Waals surface area contributed by atoms with Crippen LogP contribution in [0.5, 0.6) is 0 Å². The Morgan fingerprint density at radius 1 is 1.38 bits per heavy atom. The predicted octanol–water partition coefficient (Wildman–Crippen LogP) is 2.89. The second-order valence-electron chi connectivity index (χ2n) is 5.66. The fraction of sp³-hybridized carbons (Fsp3) is 1.00. The molecular weight excluding hydrogens is 196 g/mol. The van der Waals surface area contributed by atoms with Crippen LogP contribution in [0.1, 0.15) is 52.9 Å². The average Bonchev–Trinajstić information content (AvgIpc) is 2.28. The monoisotopic (exact) mass is 226 g/mol. The molecule has 0 spiro atoms. The summed E-state index contributed by atoms with van der Waals surface area (Å²) in [4.78, 5) is 2.46. The summed E-state index contributed by atoms with van der Waals surface area (Å²) in [6.07, 6.45) is 6.87. The zero-order chi connectivity index (χ0) is 12.0. The lowest BCUT2D eigenvalue weighted by Gasteiger charge is -2.29. The summed E-state index contributed by atoms with van der Waals surface area (Å²) < 4.78 is 0. The molecule has 3 unspecified atom stereocenters. The first-order chi connectivity index (χ1) is 7.63. The van der Waals surface area contributed by atoms with Gasteiger partial charge in [-0.3, -0.25) is 0 Å². The van der Waals surface area contributed by atoms with Crippen molar-refractivity contribution >= 4 is 0 Å². The van der Waals surface area contributed by atoms with Gasteiger partial charge in [-0.05, 0) is 39.2 Å². The molecule has 1 N–H and O–H groups in total. The molecule has 0 bridgehead atoms. The van der Waals surface area contributed by atoms with Gasteiger partial charge in [-0.2, -0.15) is 0 Å². The highest BCUT2D eigenvalue weighted by Gasteiger charge is 2.18. The summed E-state index contributed by atoms with van der Waals surface area (Å²) in [6.45, 7) is 9.29. The van der Waals surface area contributed by atoms with E-state index in [1.165, 1.54) is 38.6 Å². The van der Waals surface area contributed by atoms with Gasteiger partial charge in [0.2, 0.25) is 0 Å². The van der Waals surface area contributed by atoms with E-state index in [9.17, 15) is 0 Å². The third kappa shape index (κ3) is 4.84. The highest BCUT2D eigenvalue weighted by Crippen LogP contribution is 2.23. The highest BCUT2D eigenvalue weighted by molar-refractivity contribution is 4.76. The van der Waals surface area contributed by atoms with Crippen LogP contribution in [0.2, 0.25) is 0 Å². The lowest BCUT2D eigenvalue weighted by molar-refractivity contribution is 0.236.